The molecule has 1 aliphatic heterocycles. The summed E-state index contributed by atoms with van der Waals surface area (Å²) >= 11 is 0. The second kappa shape index (κ2) is 5.85. The van der Waals surface area contributed by atoms with E-state index >= 15 is 0 Å². The lowest BCUT2D eigenvalue weighted by Gasteiger charge is -2.38. The molecule has 2 nitrogen and oxygen atoms in total. The van der Waals surface area contributed by atoms with Crippen molar-refractivity contribution in [2.75, 3.05) is 6.54 Å². The van der Waals surface area contributed by atoms with E-state index in [4.69, 9.17) is 0 Å². The third kappa shape index (κ3) is 2.76. The van der Waals surface area contributed by atoms with E-state index in [2.05, 4.69) is 49.1 Å². The first-order valence-corrected chi connectivity index (χ1v) is 7.20. The quantitative estimate of drug-likeness (QED) is 0.863. The van der Waals surface area contributed by atoms with Gasteiger partial charge in [0, 0.05) is 12.6 Å². The van der Waals surface area contributed by atoms with Crippen LogP contribution >= 0.6 is 0 Å². The highest BCUT2D eigenvalue weighted by molar-refractivity contribution is 5.15. The van der Waals surface area contributed by atoms with E-state index < -0.39 is 5.60 Å². The van der Waals surface area contributed by atoms with Gasteiger partial charge in [-0.25, -0.2) is 0 Å². The summed E-state index contributed by atoms with van der Waals surface area (Å²) in [5.74, 6) is 0. The van der Waals surface area contributed by atoms with Crippen molar-refractivity contribution >= 4 is 0 Å². The van der Waals surface area contributed by atoms with Gasteiger partial charge in [-0.1, -0.05) is 44.2 Å². The molecule has 0 radical (unpaired) electrons. The Balaban J connectivity index is 2.08. The molecule has 0 aromatic heterocycles. The van der Waals surface area contributed by atoms with Crippen LogP contribution in [0.2, 0.25) is 0 Å². The van der Waals surface area contributed by atoms with E-state index in [-0.39, 0.29) is 0 Å². The van der Waals surface area contributed by atoms with Gasteiger partial charge in [0.1, 0.15) is 0 Å². The number of rotatable bonds is 5. The monoisotopic (exact) mass is 247 g/mol. The fourth-order valence-corrected chi connectivity index (χ4v) is 3.16. The van der Waals surface area contributed by atoms with Gasteiger partial charge in [0.15, 0.2) is 0 Å². The second-order valence-electron chi connectivity index (χ2n) is 5.42. The number of hydrogen-bond acceptors (Lipinski definition) is 2. The van der Waals surface area contributed by atoms with Gasteiger partial charge in [-0.05, 0) is 37.8 Å². The maximum atomic E-state index is 10.7. The van der Waals surface area contributed by atoms with Crippen LogP contribution in [0, 0.1) is 0 Å². The first kappa shape index (κ1) is 13.6. The molecule has 0 unspecified atom stereocenters. The predicted molar refractivity (Wildman–Crippen MR) is 75.4 cm³/mol. The van der Waals surface area contributed by atoms with Gasteiger partial charge in [0.05, 0.1) is 5.60 Å². The zero-order valence-electron chi connectivity index (χ0n) is 11.6. The molecule has 2 heteroatoms. The Morgan fingerprint density at radius 2 is 1.89 bits per heavy atom. The molecule has 1 saturated heterocycles. The fraction of sp³-hybridized carbons (Fsp3) is 0.625. The number of nitrogens with zero attached hydrogens (tertiary/aromatic N) is 1. The smallest absolute Gasteiger partial charge is 0.0797 e. The normalized spacial score (nSPS) is 21.4. The zero-order chi connectivity index (χ0) is 13.0. The fourth-order valence-electron chi connectivity index (χ4n) is 3.16. The number of likely N-dealkylation sites (tertiary alicyclic amines) is 1. The number of hydrogen-bond donors (Lipinski definition) is 1. The van der Waals surface area contributed by atoms with Crippen molar-refractivity contribution in [1.82, 2.24) is 4.90 Å². The largest absolute Gasteiger partial charge is 0.388 e. The first-order chi connectivity index (χ1) is 8.69. The molecular formula is C16H25NO. The van der Waals surface area contributed by atoms with Crippen molar-refractivity contribution in [3.05, 3.63) is 35.9 Å². The number of benzene rings is 1. The van der Waals surface area contributed by atoms with Crippen molar-refractivity contribution in [2.45, 2.75) is 57.7 Å². The van der Waals surface area contributed by atoms with E-state index in [1.165, 1.54) is 12.0 Å². The molecule has 0 spiro atoms. The van der Waals surface area contributed by atoms with Crippen LogP contribution in [0.4, 0.5) is 0 Å². The average molecular weight is 247 g/mol. The number of aliphatic hydroxyl groups is 1. The Hall–Kier alpha value is -0.860. The maximum Gasteiger partial charge on any atom is 0.0797 e. The summed E-state index contributed by atoms with van der Waals surface area (Å²) in [5, 5.41) is 10.7. The van der Waals surface area contributed by atoms with Crippen molar-refractivity contribution in [3.8, 4) is 0 Å². The minimum atomic E-state index is -0.509. The minimum absolute atomic E-state index is 0.327. The summed E-state index contributed by atoms with van der Waals surface area (Å²) in [6.07, 6.45) is 4.03. The van der Waals surface area contributed by atoms with Gasteiger partial charge in [-0.2, -0.15) is 0 Å². The zero-order valence-corrected chi connectivity index (χ0v) is 11.6. The lowest BCUT2D eigenvalue weighted by atomic mass is 9.87. The topological polar surface area (TPSA) is 23.5 Å². The molecule has 0 aliphatic carbocycles. The Morgan fingerprint density at radius 1 is 1.22 bits per heavy atom. The van der Waals surface area contributed by atoms with Gasteiger partial charge < -0.3 is 5.11 Å². The van der Waals surface area contributed by atoms with Crippen LogP contribution in [0.5, 0.6) is 0 Å². The summed E-state index contributed by atoms with van der Waals surface area (Å²) in [7, 11) is 0. The molecule has 2 rings (SSSR count). The SMILES string of the molecule is CCC(O)(CC)[C@@H]1CCCN1Cc1ccccc1. The Labute approximate surface area is 111 Å². The highest BCUT2D eigenvalue weighted by Crippen LogP contribution is 2.32. The highest BCUT2D eigenvalue weighted by atomic mass is 16.3. The molecule has 100 valence electrons. The Morgan fingerprint density at radius 3 is 2.50 bits per heavy atom. The summed E-state index contributed by atoms with van der Waals surface area (Å²) in [6, 6.07) is 10.9. The van der Waals surface area contributed by atoms with E-state index in [1.54, 1.807) is 0 Å². The molecule has 18 heavy (non-hydrogen) atoms. The molecule has 0 amide bonds. The molecular weight excluding hydrogens is 222 g/mol. The van der Waals surface area contributed by atoms with Crippen LogP contribution in [-0.2, 0) is 6.54 Å². The van der Waals surface area contributed by atoms with Crippen molar-refractivity contribution in [1.29, 1.82) is 0 Å². The lowest BCUT2D eigenvalue weighted by Crippen LogP contribution is -2.48. The van der Waals surface area contributed by atoms with Gasteiger partial charge in [-0.15, -0.1) is 0 Å². The van der Waals surface area contributed by atoms with Gasteiger partial charge in [-0.3, -0.25) is 4.90 Å². The predicted octanol–water partition coefficient (Wildman–Crippen LogP) is 3.20. The Bertz CT molecular complexity index is 359. The third-order valence-electron chi connectivity index (χ3n) is 4.44. The first-order valence-electron chi connectivity index (χ1n) is 7.20. The third-order valence-corrected chi connectivity index (χ3v) is 4.44. The molecule has 1 aromatic carbocycles. The van der Waals surface area contributed by atoms with E-state index in [9.17, 15) is 5.11 Å². The summed E-state index contributed by atoms with van der Waals surface area (Å²) in [5.41, 5.74) is 0.838. The molecule has 1 heterocycles. The van der Waals surface area contributed by atoms with Gasteiger partial charge >= 0.3 is 0 Å². The average Bonchev–Trinajstić information content (AvgIpc) is 2.88. The van der Waals surface area contributed by atoms with Crippen molar-refractivity contribution in [2.24, 2.45) is 0 Å². The lowest BCUT2D eigenvalue weighted by molar-refractivity contribution is -0.0417. The molecule has 1 fully saturated rings. The maximum absolute atomic E-state index is 10.7. The van der Waals surface area contributed by atoms with E-state index in [0.717, 1.165) is 32.4 Å². The van der Waals surface area contributed by atoms with Crippen LogP contribution < -0.4 is 0 Å². The van der Waals surface area contributed by atoms with Crippen molar-refractivity contribution < 1.29 is 5.11 Å². The summed E-state index contributed by atoms with van der Waals surface area (Å²) in [4.78, 5) is 2.46. The van der Waals surface area contributed by atoms with Crippen molar-refractivity contribution in [3.63, 3.8) is 0 Å². The minimum Gasteiger partial charge on any atom is -0.388 e. The standard InChI is InChI=1S/C16H25NO/c1-3-16(18,4-2)15-11-8-12-17(15)13-14-9-6-5-7-10-14/h5-7,9-10,15,18H,3-4,8,11-13H2,1-2H3/t15-/m0/s1. The van der Waals surface area contributed by atoms with Crippen LogP contribution in [0.25, 0.3) is 0 Å². The summed E-state index contributed by atoms with van der Waals surface area (Å²) < 4.78 is 0. The molecule has 1 atom stereocenters. The van der Waals surface area contributed by atoms with Crippen LogP contribution in [0.1, 0.15) is 45.1 Å². The Kier molecular flexibility index (Phi) is 4.41. The van der Waals surface area contributed by atoms with Crippen LogP contribution in [-0.4, -0.2) is 28.2 Å². The van der Waals surface area contributed by atoms with Gasteiger partial charge in [0.25, 0.3) is 0 Å². The molecule has 0 bridgehead atoms. The van der Waals surface area contributed by atoms with Gasteiger partial charge in [0.2, 0.25) is 0 Å². The van der Waals surface area contributed by atoms with Crippen LogP contribution in [0.3, 0.4) is 0 Å². The molecule has 0 saturated carbocycles. The highest BCUT2D eigenvalue weighted by Gasteiger charge is 2.39. The summed E-state index contributed by atoms with van der Waals surface area (Å²) in [6.45, 7) is 6.28. The molecule has 1 aromatic rings. The molecule has 1 aliphatic rings. The van der Waals surface area contributed by atoms with Crippen LogP contribution in [0.15, 0.2) is 30.3 Å². The second-order valence-corrected chi connectivity index (χ2v) is 5.42. The van der Waals surface area contributed by atoms with E-state index in [0.29, 0.717) is 6.04 Å². The molecule has 1 N–H and O–H groups in total. The van der Waals surface area contributed by atoms with E-state index in [1.807, 2.05) is 0 Å².